The zero-order valence-electron chi connectivity index (χ0n) is 14.0. The molecule has 3 rings (SSSR count). The van der Waals surface area contributed by atoms with E-state index in [0.717, 1.165) is 18.5 Å². The molecule has 2 N–H and O–H groups in total. The summed E-state index contributed by atoms with van der Waals surface area (Å²) in [5.74, 6) is 0.974. The first-order valence-electron chi connectivity index (χ1n) is 9.48. The van der Waals surface area contributed by atoms with E-state index in [1.807, 2.05) is 0 Å². The molecule has 3 fully saturated rings. The first kappa shape index (κ1) is 15.8. The number of hydrogen-bond acceptors (Lipinski definition) is 3. The van der Waals surface area contributed by atoms with Crippen molar-refractivity contribution in [1.82, 2.24) is 9.80 Å². The molecular weight excluding hydrogens is 258 g/mol. The first-order valence-corrected chi connectivity index (χ1v) is 9.48. The highest BCUT2D eigenvalue weighted by atomic mass is 15.3. The SMILES string of the molecule is CCN1CCCC(CN)(N2CCCC2C2CCCC2)CC1. The van der Waals surface area contributed by atoms with Crippen LogP contribution in [0.4, 0.5) is 0 Å². The number of rotatable bonds is 4. The van der Waals surface area contributed by atoms with Crippen molar-refractivity contribution in [1.29, 1.82) is 0 Å². The van der Waals surface area contributed by atoms with Crippen molar-refractivity contribution < 1.29 is 0 Å². The number of hydrogen-bond donors (Lipinski definition) is 1. The summed E-state index contributed by atoms with van der Waals surface area (Å²) in [5.41, 5.74) is 6.69. The van der Waals surface area contributed by atoms with Crippen molar-refractivity contribution in [3.63, 3.8) is 0 Å². The van der Waals surface area contributed by atoms with Crippen molar-refractivity contribution >= 4 is 0 Å². The Morgan fingerprint density at radius 2 is 1.76 bits per heavy atom. The minimum absolute atomic E-state index is 0.313. The van der Waals surface area contributed by atoms with E-state index in [4.69, 9.17) is 5.73 Å². The molecule has 0 aromatic rings. The summed E-state index contributed by atoms with van der Waals surface area (Å²) >= 11 is 0. The van der Waals surface area contributed by atoms with Gasteiger partial charge in [0.25, 0.3) is 0 Å². The summed E-state index contributed by atoms with van der Waals surface area (Å²) in [7, 11) is 0. The van der Waals surface area contributed by atoms with E-state index >= 15 is 0 Å². The van der Waals surface area contributed by atoms with Crippen LogP contribution in [0, 0.1) is 5.92 Å². The van der Waals surface area contributed by atoms with Crippen LogP contribution in [0.3, 0.4) is 0 Å². The number of nitrogens with zero attached hydrogens (tertiary/aromatic N) is 2. The van der Waals surface area contributed by atoms with Crippen molar-refractivity contribution in [2.75, 3.05) is 32.7 Å². The van der Waals surface area contributed by atoms with Gasteiger partial charge in [0.05, 0.1) is 0 Å². The average molecular weight is 293 g/mol. The molecular formula is C18H35N3. The molecule has 0 radical (unpaired) electrons. The Labute approximate surface area is 131 Å². The molecule has 2 saturated heterocycles. The van der Waals surface area contributed by atoms with Gasteiger partial charge in [-0.2, -0.15) is 0 Å². The van der Waals surface area contributed by atoms with Crippen LogP contribution in [0.15, 0.2) is 0 Å². The van der Waals surface area contributed by atoms with Crippen LogP contribution in [0.5, 0.6) is 0 Å². The fourth-order valence-corrected chi connectivity index (χ4v) is 5.37. The quantitative estimate of drug-likeness (QED) is 0.865. The molecule has 1 saturated carbocycles. The second kappa shape index (κ2) is 6.97. The molecule has 0 spiro atoms. The number of nitrogens with two attached hydrogens (primary N) is 1. The summed E-state index contributed by atoms with van der Waals surface area (Å²) in [6.45, 7) is 8.21. The molecule has 1 aliphatic carbocycles. The third-order valence-electron chi connectivity index (χ3n) is 6.69. The lowest BCUT2D eigenvalue weighted by atomic mass is 9.85. The molecule has 3 nitrogen and oxygen atoms in total. The molecule has 0 amide bonds. The van der Waals surface area contributed by atoms with Gasteiger partial charge in [-0.1, -0.05) is 19.8 Å². The predicted molar refractivity (Wildman–Crippen MR) is 89.4 cm³/mol. The molecule has 122 valence electrons. The monoisotopic (exact) mass is 293 g/mol. The highest BCUT2D eigenvalue weighted by Crippen LogP contribution is 2.41. The van der Waals surface area contributed by atoms with Gasteiger partial charge in [0.15, 0.2) is 0 Å². The molecule has 3 aliphatic rings. The van der Waals surface area contributed by atoms with Crippen LogP contribution < -0.4 is 5.73 Å². The summed E-state index contributed by atoms with van der Waals surface area (Å²) in [4.78, 5) is 5.53. The first-order chi connectivity index (χ1) is 10.3. The van der Waals surface area contributed by atoms with E-state index < -0.39 is 0 Å². The normalized spacial score (nSPS) is 37.1. The summed E-state index contributed by atoms with van der Waals surface area (Å²) in [5, 5.41) is 0. The van der Waals surface area contributed by atoms with Crippen LogP contribution in [0.2, 0.25) is 0 Å². The lowest BCUT2D eigenvalue weighted by Crippen LogP contribution is -2.57. The lowest BCUT2D eigenvalue weighted by molar-refractivity contribution is 0.0416. The van der Waals surface area contributed by atoms with Gasteiger partial charge in [0.1, 0.15) is 0 Å². The maximum absolute atomic E-state index is 6.38. The Bertz CT molecular complexity index is 326. The average Bonchev–Trinajstić information content (AvgIpc) is 3.15. The van der Waals surface area contributed by atoms with E-state index in [2.05, 4.69) is 16.7 Å². The van der Waals surface area contributed by atoms with Crippen molar-refractivity contribution in [2.45, 2.75) is 76.3 Å². The zero-order chi connectivity index (χ0) is 14.7. The molecule has 0 aromatic carbocycles. The Morgan fingerprint density at radius 3 is 2.48 bits per heavy atom. The van der Waals surface area contributed by atoms with Gasteiger partial charge in [-0.05, 0) is 77.0 Å². The van der Waals surface area contributed by atoms with Crippen LogP contribution in [0.25, 0.3) is 0 Å². The standard InChI is InChI=1S/C18H35N3/c1-2-20-12-6-10-18(15-19,11-14-20)21-13-5-9-17(21)16-7-3-4-8-16/h16-17H,2-15,19H2,1H3. The second-order valence-electron chi connectivity index (χ2n) is 7.66. The van der Waals surface area contributed by atoms with Gasteiger partial charge in [-0.25, -0.2) is 0 Å². The van der Waals surface area contributed by atoms with Gasteiger partial charge < -0.3 is 10.6 Å². The molecule has 2 unspecified atom stereocenters. The van der Waals surface area contributed by atoms with Crippen LogP contribution >= 0.6 is 0 Å². The Kier molecular flexibility index (Phi) is 5.23. The summed E-state index contributed by atoms with van der Waals surface area (Å²) in [6, 6.07) is 0.851. The van der Waals surface area contributed by atoms with E-state index in [1.165, 1.54) is 84.0 Å². The van der Waals surface area contributed by atoms with E-state index in [0.29, 0.717) is 5.54 Å². The minimum Gasteiger partial charge on any atom is -0.329 e. The van der Waals surface area contributed by atoms with Gasteiger partial charge >= 0.3 is 0 Å². The molecule has 0 bridgehead atoms. The van der Waals surface area contributed by atoms with E-state index in [1.54, 1.807) is 0 Å². The zero-order valence-corrected chi connectivity index (χ0v) is 14.0. The van der Waals surface area contributed by atoms with Gasteiger partial charge in [-0.3, -0.25) is 4.90 Å². The maximum Gasteiger partial charge on any atom is 0.0347 e. The lowest BCUT2D eigenvalue weighted by Gasteiger charge is -2.46. The molecule has 0 aromatic heterocycles. The third kappa shape index (κ3) is 3.16. The van der Waals surface area contributed by atoms with E-state index in [9.17, 15) is 0 Å². The van der Waals surface area contributed by atoms with Crippen molar-refractivity contribution in [3.05, 3.63) is 0 Å². The topological polar surface area (TPSA) is 32.5 Å². The Hall–Kier alpha value is -0.120. The molecule has 2 atom stereocenters. The van der Waals surface area contributed by atoms with Crippen molar-refractivity contribution in [2.24, 2.45) is 11.7 Å². The molecule has 2 aliphatic heterocycles. The maximum atomic E-state index is 6.38. The highest BCUT2D eigenvalue weighted by molar-refractivity contribution is 5.01. The fraction of sp³-hybridized carbons (Fsp3) is 1.00. The van der Waals surface area contributed by atoms with Gasteiger partial charge in [0.2, 0.25) is 0 Å². The second-order valence-corrected chi connectivity index (χ2v) is 7.66. The van der Waals surface area contributed by atoms with E-state index in [-0.39, 0.29) is 0 Å². The molecule has 21 heavy (non-hydrogen) atoms. The molecule has 2 heterocycles. The van der Waals surface area contributed by atoms with Crippen LogP contribution in [-0.4, -0.2) is 54.1 Å². The fourth-order valence-electron chi connectivity index (χ4n) is 5.37. The predicted octanol–water partition coefficient (Wildman–Crippen LogP) is 2.84. The third-order valence-corrected chi connectivity index (χ3v) is 6.69. The molecule has 3 heteroatoms. The van der Waals surface area contributed by atoms with Crippen molar-refractivity contribution in [3.8, 4) is 0 Å². The Balaban J connectivity index is 1.74. The summed E-state index contributed by atoms with van der Waals surface area (Å²) in [6.07, 6.45) is 12.7. The van der Waals surface area contributed by atoms with Crippen LogP contribution in [-0.2, 0) is 0 Å². The highest BCUT2D eigenvalue weighted by Gasteiger charge is 2.45. The Morgan fingerprint density at radius 1 is 0.952 bits per heavy atom. The number of likely N-dealkylation sites (tertiary alicyclic amines) is 2. The summed E-state index contributed by atoms with van der Waals surface area (Å²) < 4.78 is 0. The smallest absolute Gasteiger partial charge is 0.0347 e. The largest absolute Gasteiger partial charge is 0.329 e. The van der Waals surface area contributed by atoms with Crippen LogP contribution in [0.1, 0.15) is 64.7 Å². The van der Waals surface area contributed by atoms with Gasteiger partial charge in [0, 0.05) is 18.1 Å². The van der Waals surface area contributed by atoms with Gasteiger partial charge in [-0.15, -0.1) is 0 Å². The minimum atomic E-state index is 0.313.